The van der Waals surface area contributed by atoms with E-state index in [9.17, 15) is 9.18 Å². The number of halogens is 1. The molecule has 0 aromatic rings. The summed E-state index contributed by atoms with van der Waals surface area (Å²) in [5.74, 6) is 0.119. The highest BCUT2D eigenvalue weighted by Crippen LogP contribution is 2.29. The van der Waals surface area contributed by atoms with E-state index in [-0.39, 0.29) is 24.5 Å². The predicted octanol–water partition coefficient (Wildman–Crippen LogP) is 2.33. The molecule has 0 aliphatic heterocycles. The Morgan fingerprint density at radius 3 is 2.46 bits per heavy atom. The van der Waals surface area contributed by atoms with E-state index in [1.807, 2.05) is 6.92 Å². The van der Waals surface area contributed by atoms with Crippen LogP contribution in [0.2, 0.25) is 0 Å². The monoisotopic (exact) mass is 188 g/mol. The van der Waals surface area contributed by atoms with Crippen LogP contribution in [0.1, 0.15) is 32.6 Å². The van der Waals surface area contributed by atoms with Crippen molar-refractivity contribution in [2.75, 3.05) is 13.3 Å². The van der Waals surface area contributed by atoms with E-state index in [4.69, 9.17) is 4.74 Å². The van der Waals surface area contributed by atoms with Crippen molar-refractivity contribution >= 4 is 5.97 Å². The lowest BCUT2D eigenvalue weighted by molar-refractivity contribution is -0.149. The van der Waals surface area contributed by atoms with Crippen molar-refractivity contribution in [2.24, 2.45) is 11.8 Å². The van der Waals surface area contributed by atoms with Crippen LogP contribution in [0.5, 0.6) is 0 Å². The summed E-state index contributed by atoms with van der Waals surface area (Å²) in [6.45, 7) is 2.02. The molecule has 1 saturated carbocycles. The average molecular weight is 188 g/mol. The quantitative estimate of drug-likeness (QED) is 0.635. The van der Waals surface area contributed by atoms with Crippen molar-refractivity contribution in [3.05, 3.63) is 0 Å². The lowest BCUT2D eigenvalue weighted by atomic mass is 9.83. The van der Waals surface area contributed by atoms with Crippen LogP contribution in [0.3, 0.4) is 0 Å². The van der Waals surface area contributed by atoms with Crippen LogP contribution >= 0.6 is 0 Å². The zero-order chi connectivity index (χ0) is 9.68. The van der Waals surface area contributed by atoms with E-state index in [2.05, 4.69) is 0 Å². The average Bonchev–Trinajstić information content (AvgIpc) is 2.18. The van der Waals surface area contributed by atoms with Gasteiger partial charge in [-0.3, -0.25) is 9.18 Å². The molecule has 3 heteroatoms. The van der Waals surface area contributed by atoms with Crippen LogP contribution in [-0.4, -0.2) is 19.3 Å². The Labute approximate surface area is 78.5 Å². The fourth-order valence-electron chi connectivity index (χ4n) is 1.81. The fraction of sp³-hybridized carbons (Fsp3) is 0.900. The molecule has 0 radical (unpaired) electrons. The van der Waals surface area contributed by atoms with Crippen LogP contribution in [0.25, 0.3) is 0 Å². The van der Waals surface area contributed by atoms with E-state index in [0.717, 1.165) is 25.7 Å². The van der Waals surface area contributed by atoms with Gasteiger partial charge < -0.3 is 4.74 Å². The van der Waals surface area contributed by atoms with E-state index in [1.54, 1.807) is 0 Å². The Morgan fingerprint density at radius 1 is 1.38 bits per heavy atom. The molecule has 0 aromatic heterocycles. The molecule has 1 fully saturated rings. The minimum atomic E-state index is -0.241. The third-order valence-corrected chi connectivity index (χ3v) is 2.68. The summed E-state index contributed by atoms with van der Waals surface area (Å²) >= 11 is 0. The van der Waals surface area contributed by atoms with Crippen LogP contribution < -0.4 is 0 Å². The normalized spacial score (nSPS) is 28.5. The number of ether oxygens (including phenoxy) is 1. The van der Waals surface area contributed by atoms with Gasteiger partial charge in [0, 0.05) is 0 Å². The van der Waals surface area contributed by atoms with E-state index in [1.165, 1.54) is 0 Å². The Hall–Kier alpha value is -0.600. The molecule has 1 aliphatic carbocycles. The van der Waals surface area contributed by atoms with Gasteiger partial charge in [0.05, 0.1) is 19.2 Å². The minimum absolute atomic E-state index is 0.0303. The summed E-state index contributed by atoms with van der Waals surface area (Å²) in [7, 11) is 0. The van der Waals surface area contributed by atoms with Gasteiger partial charge >= 0.3 is 5.97 Å². The molecule has 13 heavy (non-hydrogen) atoms. The van der Waals surface area contributed by atoms with Gasteiger partial charge in [-0.15, -0.1) is 0 Å². The third kappa shape index (κ3) is 2.98. The summed E-state index contributed by atoms with van der Waals surface area (Å²) in [6.07, 6.45) is 3.26. The maximum Gasteiger partial charge on any atom is 0.308 e. The summed E-state index contributed by atoms with van der Waals surface area (Å²) < 4.78 is 17.2. The zero-order valence-corrected chi connectivity index (χ0v) is 8.09. The maximum atomic E-state index is 12.2. The summed E-state index contributed by atoms with van der Waals surface area (Å²) in [6, 6.07) is 0. The molecule has 0 heterocycles. The van der Waals surface area contributed by atoms with Crippen molar-refractivity contribution in [3.63, 3.8) is 0 Å². The second kappa shape index (κ2) is 5.20. The van der Waals surface area contributed by atoms with E-state index in [0.29, 0.717) is 6.61 Å². The third-order valence-electron chi connectivity index (χ3n) is 2.68. The molecule has 0 bridgehead atoms. The first-order valence-electron chi connectivity index (χ1n) is 5.00. The Morgan fingerprint density at radius 2 is 2.00 bits per heavy atom. The van der Waals surface area contributed by atoms with Crippen molar-refractivity contribution in [1.82, 2.24) is 0 Å². The molecule has 0 N–H and O–H groups in total. The molecular weight excluding hydrogens is 171 g/mol. The zero-order valence-electron chi connectivity index (χ0n) is 8.09. The number of carbonyl (C=O) groups is 1. The van der Waals surface area contributed by atoms with Gasteiger partial charge in [-0.25, -0.2) is 0 Å². The van der Waals surface area contributed by atoms with Crippen molar-refractivity contribution in [3.8, 4) is 0 Å². The largest absolute Gasteiger partial charge is 0.466 e. The molecule has 0 aromatic carbocycles. The van der Waals surface area contributed by atoms with E-state index < -0.39 is 0 Å². The van der Waals surface area contributed by atoms with Crippen LogP contribution in [0.15, 0.2) is 0 Å². The van der Waals surface area contributed by atoms with Gasteiger partial charge in [0.2, 0.25) is 0 Å². The second-order valence-corrected chi connectivity index (χ2v) is 3.62. The van der Waals surface area contributed by atoms with Crippen LogP contribution in [0.4, 0.5) is 4.39 Å². The van der Waals surface area contributed by atoms with Gasteiger partial charge in [-0.1, -0.05) is 0 Å². The number of hydrogen-bond acceptors (Lipinski definition) is 2. The Balaban J connectivity index is 2.28. The number of hydrogen-bond donors (Lipinski definition) is 0. The highest BCUT2D eigenvalue weighted by Gasteiger charge is 2.26. The van der Waals surface area contributed by atoms with Gasteiger partial charge in [0.15, 0.2) is 0 Å². The SMILES string of the molecule is CCOC(=O)C1CCC(CF)CC1. The first kappa shape index (κ1) is 10.5. The van der Waals surface area contributed by atoms with E-state index >= 15 is 0 Å². The molecule has 0 saturated heterocycles. The molecular formula is C10H17FO2. The first-order chi connectivity index (χ1) is 6.27. The summed E-state index contributed by atoms with van der Waals surface area (Å²) in [4.78, 5) is 11.3. The highest BCUT2D eigenvalue weighted by atomic mass is 19.1. The Kier molecular flexibility index (Phi) is 4.19. The smallest absolute Gasteiger partial charge is 0.308 e. The lowest BCUT2D eigenvalue weighted by Gasteiger charge is -2.24. The summed E-state index contributed by atoms with van der Waals surface area (Å²) in [5.41, 5.74) is 0. The van der Waals surface area contributed by atoms with Crippen molar-refractivity contribution < 1.29 is 13.9 Å². The second-order valence-electron chi connectivity index (χ2n) is 3.62. The molecule has 76 valence electrons. The number of esters is 1. The number of rotatable bonds is 3. The van der Waals surface area contributed by atoms with Crippen molar-refractivity contribution in [1.29, 1.82) is 0 Å². The molecule has 2 nitrogen and oxygen atoms in total. The standard InChI is InChI=1S/C10H17FO2/c1-2-13-10(12)9-5-3-8(7-11)4-6-9/h8-9H,2-7H2,1H3. The number of alkyl halides is 1. The molecule has 1 aliphatic rings. The molecule has 0 unspecified atom stereocenters. The molecule has 0 atom stereocenters. The van der Waals surface area contributed by atoms with Crippen LogP contribution in [-0.2, 0) is 9.53 Å². The Bertz CT molecular complexity index is 162. The maximum absolute atomic E-state index is 12.2. The predicted molar refractivity (Wildman–Crippen MR) is 48.1 cm³/mol. The molecule has 0 amide bonds. The molecule has 1 rings (SSSR count). The van der Waals surface area contributed by atoms with Crippen molar-refractivity contribution in [2.45, 2.75) is 32.6 Å². The van der Waals surface area contributed by atoms with Gasteiger partial charge in [-0.05, 0) is 38.5 Å². The lowest BCUT2D eigenvalue weighted by Crippen LogP contribution is -2.24. The topological polar surface area (TPSA) is 26.3 Å². The van der Waals surface area contributed by atoms with Gasteiger partial charge in [-0.2, -0.15) is 0 Å². The minimum Gasteiger partial charge on any atom is -0.466 e. The fourth-order valence-corrected chi connectivity index (χ4v) is 1.81. The molecule has 0 spiro atoms. The van der Waals surface area contributed by atoms with Gasteiger partial charge in [0.1, 0.15) is 0 Å². The highest BCUT2D eigenvalue weighted by molar-refractivity contribution is 5.72. The van der Waals surface area contributed by atoms with Crippen LogP contribution in [0, 0.1) is 11.8 Å². The number of carbonyl (C=O) groups excluding carboxylic acids is 1. The first-order valence-corrected chi connectivity index (χ1v) is 5.00. The summed E-state index contributed by atoms with van der Waals surface area (Å²) in [5, 5.41) is 0. The van der Waals surface area contributed by atoms with Gasteiger partial charge in [0.25, 0.3) is 0 Å².